The quantitative estimate of drug-likeness (QED) is 0.637. The van der Waals surface area contributed by atoms with Gasteiger partial charge < -0.3 is 5.11 Å². The molecule has 0 saturated carbocycles. The molecule has 3 heteroatoms. The average molecular weight is 243 g/mol. The van der Waals surface area contributed by atoms with E-state index in [2.05, 4.69) is 6.92 Å². The monoisotopic (exact) mass is 242 g/mol. The number of carboxylic acids is 1. The van der Waals surface area contributed by atoms with Gasteiger partial charge in [0.15, 0.2) is 0 Å². The number of aryl methyl sites for hydroxylation is 1. The molecule has 90 valence electrons. The smallest absolute Gasteiger partial charge is 0.335 e. The lowest BCUT2D eigenvalue weighted by atomic mass is 10.1. The molecule has 0 spiro atoms. The molecule has 1 aromatic rings. The van der Waals surface area contributed by atoms with Crippen molar-refractivity contribution in [2.75, 3.05) is 5.88 Å². The summed E-state index contributed by atoms with van der Waals surface area (Å²) in [6.07, 6.45) is 3.73. The first-order chi connectivity index (χ1) is 7.63. The van der Waals surface area contributed by atoms with Crippen LogP contribution in [0.15, 0.2) is 24.3 Å². The van der Waals surface area contributed by atoms with E-state index in [0.29, 0.717) is 5.56 Å². The van der Waals surface area contributed by atoms with Gasteiger partial charge in [-0.1, -0.05) is 38.0 Å². The summed E-state index contributed by atoms with van der Waals surface area (Å²) in [5, 5.41) is 8.57. The molecule has 0 saturated heterocycles. The lowest BCUT2D eigenvalue weighted by Gasteiger charge is -1.96. The zero-order chi connectivity index (χ0) is 12.4. The Labute approximate surface area is 102 Å². The molecule has 0 bridgehead atoms. The Kier molecular flexibility index (Phi) is 8.64. The second-order valence-electron chi connectivity index (χ2n) is 3.52. The van der Waals surface area contributed by atoms with Crippen molar-refractivity contribution in [3.8, 4) is 0 Å². The molecule has 2 nitrogen and oxygen atoms in total. The molecular formula is C13H19ClO2. The summed E-state index contributed by atoms with van der Waals surface area (Å²) in [5.41, 5.74) is 1.18. The van der Waals surface area contributed by atoms with E-state index in [-0.39, 0.29) is 0 Å². The van der Waals surface area contributed by atoms with Crippen molar-refractivity contribution in [2.45, 2.75) is 33.1 Å². The topological polar surface area (TPSA) is 37.3 Å². The molecule has 1 rings (SSSR count). The van der Waals surface area contributed by atoms with Gasteiger partial charge in [0.25, 0.3) is 0 Å². The Hall–Kier alpha value is -1.02. The van der Waals surface area contributed by atoms with Crippen LogP contribution in [0.2, 0.25) is 0 Å². The summed E-state index contributed by atoms with van der Waals surface area (Å²) in [7, 11) is 0. The number of hydrogen-bond acceptors (Lipinski definition) is 1. The van der Waals surface area contributed by atoms with Gasteiger partial charge in [-0.25, -0.2) is 4.79 Å². The van der Waals surface area contributed by atoms with E-state index in [1.54, 1.807) is 25.1 Å². The van der Waals surface area contributed by atoms with E-state index < -0.39 is 5.97 Å². The highest BCUT2D eigenvalue weighted by molar-refractivity contribution is 6.17. The van der Waals surface area contributed by atoms with Crippen molar-refractivity contribution in [2.24, 2.45) is 0 Å². The number of hydrogen-bond donors (Lipinski definition) is 1. The van der Waals surface area contributed by atoms with Crippen LogP contribution in [0.1, 0.15) is 42.1 Å². The van der Waals surface area contributed by atoms with Crippen LogP contribution < -0.4 is 0 Å². The van der Waals surface area contributed by atoms with Crippen LogP contribution in [0, 0.1) is 6.92 Å². The summed E-state index contributed by atoms with van der Waals surface area (Å²) < 4.78 is 0. The molecule has 0 fully saturated rings. The van der Waals surface area contributed by atoms with Crippen molar-refractivity contribution >= 4 is 17.6 Å². The molecule has 0 aliphatic rings. The number of carboxylic acid groups (broad SMARTS) is 1. The summed E-state index contributed by atoms with van der Waals surface area (Å²) in [4.78, 5) is 10.4. The van der Waals surface area contributed by atoms with E-state index in [0.717, 1.165) is 11.4 Å². The van der Waals surface area contributed by atoms with Crippen LogP contribution in [0.3, 0.4) is 0 Å². The number of unbranched alkanes of at least 4 members (excludes halogenated alkanes) is 2. The molecule has 0 unspecified atom stereocenters. The number of halogens is 1. The molecule has 0 aliphatic heterocycles. The number of carbonyl (C=O) groups is 1. The zero-order valence-corrected chi connectivity index (χ0v) is 10.6. The minimum absolute atomic E-state index is 0.377. The molecule has 1 N–H and O–H groups in total. The summed E-state index contributed by atoms with van der Waals surface area (Å²) in [6, 6.07) is 6.92. The van der Waals surface area contributed by atoms with Gasteiger partial charge in [-0.15, -0.1) is 11.6 Å². The Bertz CT molecular complexity index is 307. The highest BCUT2D eigenvalue weighted by Gasteiger charge is 2.02. The van der Waals surface area contributed by atoms with Gasteiger partial charge in [-0.05, 0) is 25.0 Å². The fourth-order valence-electron chi connectivity index (χ4n) is 1.16. The van der Waals surface area contributed by atoms with E-state index in [1.807, 2.05) is 6.07 Å². The SMILES string of the molecule is CCCCCCl.Cc1ccccc1C(=O)O. The van der Waals surface area contributed by atoms with Gasteiger partial charge in [-0.3, -0.25) is 0 Å². The first-order valence-corrected chi connectivity index (χ1v) is 6.01. The van der Waals surface area contributed by atoms with E-state index >= 15 is 0 Å². The molecule has 0 heterocycles. The highest BCUT2D eigenvalue weighted by Crippen LogP contribution is 2.05. The molecule has 0 radical (unpaired) electrons. The third kappa shape index (κ3) is 6.46. The maximum atomic E-state index is 10.4. The predicted molar refractivity (Wildman–Crippen MR) is 68.4 cm³/mol. The molecule has 0 aliphatic carbocycles. The predicted octanol–water partition coefficient (Wildman–Crippen LogP) is 4.11. The average Bonchev–Trinajstić information content (AvgIpc) is 2.27. The molecule has 0 atom stereocenters. The van der Waals surface area contributed by atoms with Crippen molar-refractivity contribution in [1.82, 2.24) is 0 Å². The summed E-state index contributed by atoms with van der Waals surface area (Å²) in [5.74, 6) is -0.0356. The van der Waals surface area contributed by atoms with E-state index in [1.165, 1.54) is 19.3 Å². The first kappa shape index (κ1) is 15.0. The normalized spacial score (nSPS) is 9.19. The van der Waals surface area contributed by atoms with Crippen LogP contribution in [0.5, 0.6) is 0 Å². The second kappa shape index (κ2) is 9.22. The minimum atomic E-state index is -0.863. The number of benzene rings is 1. The van der Waals surface area contributed by atoms with Crippen molar-refractivity contribution in [1.29, 1.82) is 0 Å². The Morgan fingerprint density at radius 1 is 1.31 bits per heavy atom. The van der Waals surface area contributed by atoms with Crippen LogP contribution in [0.4, 0.5) is 0 Å². The van der Waals surface area contributed by atoms with Crippen molar-refractivity contribution in [3.63, 3.8) is 0 Å². The first-order valence-electron chi connectivity index (χ1n) is 5.48. The van der Waals surface area contributed by atoms with Crippen molar-refractivity contribution in [3.05, 3.63) is 35.4 Å². The maximum Gasteiger partial charge on any atom is 0.335 e. The highest BCUT2D eigenvalue weighted by atomic mass is 35.5. The van der Waals surface area contributed by atoms with Gasteiger partial charge in [-0.2, -0.15) is 0 Å². The fraction of sp³-hybridized carbons (Fsp3) is 0.462. The van der Waals surface area contributed by atoms with Gasteiger partial charge in [0.2, 0.25) is 0 Å². The van der Waals surface area contributed by atoms with Crippen molar-refractivity contribution < 1.29 is 9.90 Å². The number of aromatic carboxylic acids is 1. The van der Waals surface area contributed by atoms with Gasteiger partial charge in [0.1, 0.15) is 0 Å². The van der Waals surface area contributed by atoms with E-state index in [9.17, 15) is 4.79 Å². The summed E-state index contributed by atoms with van der Waals surface area (Å²) >= 11 is 5.38. The van der Waals surface area contributed by atoms with E-state index in [4.69, 9.17) is 16.7 Å². The lowest BCUT2D eigenvalue weighted by Crippen LogP contribution is -1.97. The molecule has 16 heavy (non-hydrogen) atoms. The maximum absolute atomic E-state index is 10.4. The molecular weight excluding hydrogens is 224 g/mol. The van der Waals surface area contributed by atoms with Gasteiger partial charge in [0, 0.05) is 5.88 Å². The Morgan fingerprint density at radius 2 is 1.94 bits per heavy atom. The Morgan fingerprint density at radius 3 is 2.25 bits per heavy atom. The molecule has 1 aromatic carbocycles. The van der Waals surface area contributed by atoms with Crippen LogP contribution in [-0.2, 0) is 0 Å². The third-order valence-electron chi connectivity index (χ3n) is 2.11. The fourth-order valence-corrected chi connectivity index (χ4v) is 1.35. The largest absolute Gasteiger partial charge is 0.478 e. The zero-order valence-electron chi connectivity index (χ0n) is 9.87. The number of rotatable bonds is 4. The van der Waals surface area contributed by atoms with Crippen LogP contribution >= 0.6 is 11.6 Å². The van der Waals surface area contributed by atoms with Gasteiger partial charge >= 0.3 is 5.97 Å². The lowest BCUT2D eigenvalue weighted by molar-refractivity contribution is 0.0696. The second-order valence-corrected chi connectivity index (χ2v) is 3.89. The summed E-state index contributed by atoms with van der Waals surface area (Å²) in [6.45, 7) is 3.95. The molecule has 0 aromatic heterocycles. The third-order valence-corrected chi connectivity index (χ3v) is 2.38. The van der Waals surface area contributed by atoms with Crippen LogP contribution in [0.25, 0.3) is 0 Å². The Balaban J connectivity index is 0.000000325. The number of alkyl halides is 1. The minimum Gasteiger partial charge on any atom is -0.478 e. The molecule has 0 amide bonds. The van der Waals surface area contributed by atoms with Gasteiger partial charge in [0.05, 0.1) is 5.56 Å². The van der Waals surface area contributed by atoms with Crippen LogP contribution in [-0.4, -0.2) is 17.0 Å². The standard InChI is InChI=1S/C8H8O2.C5H11Cl/c1-6-4-2-3-5-7(6)8(9)10;1-2-3-4-5-6/h2-5H,1H3,(H,9,10);2-5H2,1H3.